The quantitative estimate of drug-likeness (QED) is 0.497. The molecule has 1 amide bonds. The largest absolute Gasteiger partial charge is 0.464 e. The monoisotopic (exact) mass is 417 g/mol. The zero-order chi connectivity index (χ0) is 21.4. The Labute approximate surface area is 179 Å². The van der Waals surface area contributed by atoms with E-state index in [2.05, 4.69) is 33.2 Å². The number of piperidine rings is 1. The van der Waals surface area contributed by atoms with Crippen LogP contribution < -0.4 is 0 Å². The van der Waals surface area contributed by atoms with Gasteiger partial charge in [-0.05, 0) is 37.8 Å². The van der Waals surface area contributed by atoms with Crippen LogP contribution in [0.2, 0.25) is 0 Å². The third kappa shape index (κ3) is 3.69. The van der Waals surface area contributed by atoms with E-state index in [1.54, 1.807) is 24.9 Å². The van der Waals surface area contributed by atoms with Gasteiger partial charge in [0.25, 0.3) is 5.89 Å². The predicted octanol–water partition coefficient (Wildman–Crippen LogP) is 3.84. The molecule has 1 saturated heterocycles. The van der Waals surface area contributed by atoms with Crippen molar-refractivity contribution in [3.8, 4) is 11.6 Å². The molecule has 4 aromatic rings. The average Bonchev–Trinajstić information content (AvgIpc) is 3.45. The van der Waals surface area contributed by atoms with Crippen molar-refractivity contribution in [2.75, 3.05) is 13.1 Å². The van der Waals surface area contributed by atoms with Crippen molar-refractivity contribution in [2.24, 2.45) is 0 Å². The summed E-state index contributed by atoms with van der Waals surface area (Å²) in [5.74, 6) is 0.987. The second-order valence-corrected chi connectivity index (χ2v) is 8.04. The Morgan fingerprint density at radius 1 is 1.23 bits per heavy atom. The predicted molar refractivity (Wildman–Crippen MR) is 113 cm³/mol. The summed E-state index contributed by atoms with van der Waals surface area (Å²) in [7, 11) is 0. The molecule has 0 unspecified atom stereocenters. The first-order chi connectivity index (χ1) is 15.1. The molecular weight excluding hydrogens is 394 g/mol. The van der Waals surface area contributed by atoms with Crippen LogP contribution in [0.3, 0.4) is 0 Å². The Morgan fingerprint density at radius 2 is 2.13 bits per heavy atom. The first-order valence-corrected chi connectivity index (χ1v) is 10.4. The maximum atomic E-state index is 13.1. The highest BCUT2D eigenvalue weighted by Crippen LogP contribution is 2.30. The van der Waals surface area contributed by atoms with Crippen LogP contribution in [0.4, 0.5) is 0 Å². The number of nitrogens with zero attached hydrogens (tertiary/aromatic N) is 5. The van der Waals surface area contributed by atoms with Gasteiger partial charge >= 0.3 is 0 Å². The van der Waals surface area contributed by atoms with Crippen molar-refractivity contribution < 1.29 is 13.6 Å². The maximum Gasteiger partial charge on any atom is 0.267 e. The molecule has 8 heteroatoms. The number of furan rings is 1. The van der Waals surface area contributed by atoms with Gasteiger partial charge in [0.2, 0.25) is 11.8 Å². The minimum atomic E-state index is 0.0154. The molecule has 3 aromatic heterocycles. The van der Waals surface area contributed by atoms with E-state index in [0.717, 1.165) is 41.5 Å². The second kappa shape index (κ2) is 7.94. The van der Waals surface area contributed by atoms with Crippen LogP contribution in [0.1, 0.15) is 41.3 Å². The van der Waals surface area contributed by atoms with Gasteiger partial charge in [-0.3, -0.25) is 9.78 Å². The standard InChI is InChI=1S/C23H23N5O3/c1-14-5-6-18-17(13-30-21(18)15(14)2)10-20(29)28-9-3-4-16(12-28)22-26-27-23(31-22)19-11-24-7-8-25-19/h5-8,11,13,16H,3-4,9-10,12H2,1-2H3/t16-/m1/s1. The summed E-state index contributed by atoms with van der Waals surface area (Å²) in [5.41, 5.74) is 4.63. The lowest BCUT2D eigenvalue weighted by molar-refractivity contribution is -0.131. The lowest BCUT2D eigenvalue weighted by Gasteiger charge is -2.31. The number of carbonyl (C=O) groups excluding carboxylic acids is 1. The fourth-order valence-electron chi connectivity index (χ4n) is 4.12. The topological polar surface area (TPSA) is 98.2 Å². The molecule has 0 spiro atoms. The van der Waals surface area contributed by atoms with Gasteiger partial charge in [0, 0.05) is 36.4 Å². The molecule has 158 valence electrons. The second-order valence-electron chi connectivity index (χ2n) is 8.04. The lowest BCUT2D eigenvalue weighted by Crippen LogP contribution is -2.40. The number of amides is 1. The van der Waals surface area contributed by atoms with Crippen molar-refractivity contribution in [3.05, 3.63) is 59.6 Å². The molecule has 0 N–H and O–H groups in total. The molecule has 1 fully saturated rings. The van der Waals surface area contributed by atoms with E-state index in [-0.39, 0.29) is 11.8 Å². The maximum absolute atomic E-state index is 13.1. The third-order valence-electron chi connectivity index (χ3n) is 6.03. The highest BCUT2D eigenvalue weighted by atomic mass is 16.4. The Kier molecular flexibility index (Phi) is 4.97. The van der Waals surface area contributed by atoms with Gasteiger partial charge in [-0.2, -0.15) is 0 Å². The molecule has 0 bridgehead atoms. The highest BCUT2D eigenvalue weighted by molar-refractivity contribution is 5.89. The van der Waals surface area contributed by atoms with Crippen molar-refractivity contribution in [2.45, 2.75) is 39.0 Å². The van der Waals surface area contributed by atoms with Gasteiger partial charge in [0.05, 0.1) is 24.8 Å². The first kappa shape index (κ1) is 19.4. The third-order valence-corrected chi connectivity index (χ3v) is 6.03. The number of fused-ring (bicyclic) bond motifs is 1. The summed E-state index contributed by atoms with van der Waals surface area (Å²) in [6.07, 6.45) is 8.59. The number of likely N-dealkylation sites (tertiary alicyclic amines) is 1. The smallest absolute Gasteiger partial charge is 0.267 e. The molecule has 1 aromatic carbocycles. The Morgan fingerprint density at radius 3 is 2.97 bits per heavy atom. The number of hydrogen-bond donors (Lipinski definition) is 0. The van der Waals surface area contributed by atoms with E-state index in [1.165, 1.54) is 5.56 Å². The summed E-state index contributed by atoms with van der Waals surface area (Å²) in [5, 5.41) is 9.32. The van der Waals surface area contributed by atoms with Gasteiger partial charge in [-0.15, -0.1) is 10.2 Å². The highest BCUT2D eigenvalue weighted by Gasteiger charge is 2.29. The first-order valence-electron chi connectivity index (χ1n) is 10.4. The van der Waals surface area contributed by atoms with Crippen LogP contribution in [0.25, 0.3) is 22.6 Å². The molecular formula is C23H23N5O3. The van der Waals surface area contributed by atoms with E-state index in [4.69, 9.17) is 8.83 Å². The molecule has 0 saturated carbocycles. The summed E-state index contributed by atoms with van der Waals surface area (Å²) >= 11 is 0. The van der Waals surface area contributed by atoms with E-state index in [1.807, 2.05) is 17.9 Å². The summed E-state index contributed by atoms with van der Waals surface area (Å²) in [6, 6.07) is 4.11. The summed E-state index contributed by atoms with van der Waals surface area (Å²) in [4.78, 5) is 23.2. The van der Waals surface area contributed by atoms with E-state index >= 15 is 0 Å². The van der Waals surface area contributed by atoms with Crippen molar-refractivity contribution in [1.82, 2.24) is 25.1 Å². The zero-order valence-electron chi connectivity index (χ0n) is 17.5. The van der Waals surface area contributed by atoms with Crippen molar-refractivity contribution >= 4 is 16.9 Å². The number of aromatic nitrogens is 4. The van der Waals surface area contributed by atoms with Gasteiger partial charge in [0.15, 0.2) is 0 Å². The number of carbonyl (C=O) groups is 1. The molecule has 0 radical (unpaired) electrons. The molecule has 8 nitrogen and oxygen atoms in total. The molecule has 1 aliphatic rings. The minimum absolute atomic E-state index is 0.0154. The molecule has 1 atom stereocenters. The van der Waals surface area contributed by atoms with E-state index in [9.17, 15) is 4.79 Å². The Hall–Kier alpha value is -3.55. The molecule has 4 heterocycles. The van der Waals surface area contributed by atoms with Crippen molar-refractivity contribution in [1.29, 1.82) is 0 Å². The average molecular weight is 417 g/mol. The van der Waals surface area contributed by atoms with Crippen LogP contribution >= 0.6 is 0 Å². The number of rotatable bonds is 4. The van der Waals surface area contributed by atoms with Gasteiger partial charge in [-0.25, -0.2) is 4.98 Å². The van der Waals surface area contributed by atoms with E-state index in [0.29, 0.717) is 30.4 Å². The molecule has 0 aliphatic carbocycles. The van der Waals surface area contributed by atoms with Crippen molar-refractivity contribution in [3.63, 3.8) is 0 Å². The van der Waals surface area contributed by atoms with E-state index < -0.39 is 0 Å². The van der Waals surface area contributed by atoms with Crippen LogP contribution in [0.15, 0.2) is 45.8 Å². The van der Waals surface area contributed by atoms with Crippen LogP contribution in [0.5, 0.6) is 0 Å². The minimum Gasteiger partial charge on any atom is -0.464 e. The van der Waals surface area contributed by atoms with Crippen LogP contribution in [-0.4, -0.2) is 44.1 Å². The Balaban J connectivity index is 1.30. The lowest BCUT2D eigenvalue weighted by atomic mass is 9.97. The zero-order valence-corrected chi connectivity index (χ0v) is 17.5. The molecule has 1 aliphatic heterocycles. The number of benzene rings is 1. The van der Waals surface area contributed by atoms with Gasteiger partial charge in [-0.1, -0.05) is 12.1 Å². The fourth-order valence-corrected chi connectivity index (χ4v) is 4.12. The molecule has 5 rings (SSSR count). The summed E-state index contributed by atoms with van der Waals surface area (Å²) in [6.45, 7) is 5.40. The summed E-state index contributed by atoms with van der Waals surface area (Å²) < 4.78 is 11.6. The van der Waals surface area contributed by atoms with Gasteiger partial charge in [0.1, 0.15) is 11.3 Å². The fraction of sp³-hybridized carbons (Fsp3) is 0.348. The van der Waals surface area contributed by atoms with Crippen LogP contribution in [0, 0.1) is 13.8 Å². The Bertz CT molecular complexity index is 1230. The van der Waals surface area contributed by atoms with Gasteiger partial charge < -0.3 is 13.7 Å². The normalized spacial score (nSPS) is 16.7. The number of aryl methyl sites for hydroxylation is 2. The van der Waals surface area contributed by atoms with Crippen LogP contribution in [-0.2, 0) is 11.2 Å². The number of hydrogen-bond acceptors (Lipinski definition) is 7. The molecule has 31 heavy (non-hydrogen) atoms. The SMILES string of the molecule is Cc1ccc2c(CC(=O)N3CCC[C@@H](c4nnc(-c5cnccn5)o4)C3)coc2c1C.